The van der Waals surface area contributed by atoms with E-state index >= 15 is 0 Å². The fraction of sp³-hybridized carbons (Fsp3) is 0.182. The van der Waals surface area contributed by atoms with Gasteiger partial charge in [0.2, 0.25) is 0 Å². The lowest BCUT2D eigenvalue weighted by atomic mass is 10.1. The van der Waals surface area contributed by atoms with Crippen LogP contribution in [0.4, 0.5) is 0 Å². The first-order chi connectivity index (χ1) is 13.4. The molecule has 2 aromatic carbocycles. The molecule has 1 heterocycles. The molecule has 0 aliphatic carbocycles. The lowest BCUT2D eigenvalue weighted by Gasteiger charge is -2.05. The Kier molecular flexibility index (Phi) is 6.55. The maximum atomic E-state index is 12.1. The molecule has 0 radical (unpaired) electrons. The Bertz CT molecular complexity index is 1010. The van der Waals surface area contributed by atoms with E-state index in [9.17, 15) is 4.79 Å². The minimum atomic E-state index is -0.427. The minimum Gasteiger partial charge on any atom is -0.458 e. The summed E-state index contributed by atoms with van der Waals surface area (Å²) in [5.74, 6) is -0.427. The SMILES string of the molecule is Cc1ccccc1COC(=O)/C=C/c1c(C)nn(Cc2ccc(Cl)cc2)c1Cl. The second-order valence-corrected chi connectivity index (χ2v) is 7.24. The molecule has 0 amide bonds. The average Bonchev–Trinajstić information content (AvgIpc) is 2.94. The smallest absolute Gasteiger partial charge is 0.331 e. The van der Waals surface area contributed by atoms with Gasteiger partial charge in [0.1, 0.15) is 11.8 Å². The Hall–Kier alpha value is -2.56. The molecule has 0 N–H and O–H groups in total. The standard InChI is InChI=1S/C22H20Cl2N2O2/c1-15-5-3-4-6-18(15)14-28-21(27)12-11-20-16(2)25-26(22(20)24)13-17-7-9-19(23)10-8-17/h3-12H,13-14H2,1-2H3/b12-11+. The zero-order valence-electron chi connectivity index (χ0n) is 15.7. The van der Waals surface area contributed by atoms with Gasteiger partial charge in [0.25, 0.3) is 0 Å². The summed E-state index contributed by atoms with van der Waals surface area (Å²) in [6.07, 6.45) is 3.02. The number of hydrogen-bond acceptors (Lipinski definition) is 3. The van der Waals surface area contributed by atoms with Crippen LogP contribution in [0.3, 0.4) is 0 Å². The average molecular weight is 415 g/mol. The summed E-state index contributed by atoms with van der Waals surface area (Å²) in [6, 6.07) is 15.3. The van der Waals surface area contributed by atoms with Crippen LogP contribution in [-0.4, -0.2) is 15.7 Å². The van der Waals surface area contributed by atoms with E-state index in [-0.39, 0.29) is 6.61 Å². The molecule has 0 fully saturated rings. The zero-order chi connectivity index (χ0) is 20.1. The molecule has 6 heteroatoms. The molecule has 4 nitrogen and oxygen atoms in total. The number of carbonyl (C=O) groups excluding carboxylic acids is 1. The third kappa shape index (κ3) is 5.03. The van der Waals surface area contributed by atoms with Crippen LogP contribution in [-0.2, 0) is 22.7 Å². The van der Waals surface area contributed by atoms with Gasteiger partial charge in [-0.05, 0) is 48.7 Å². The molecule has 0 saturated carbocycles. The molecule has 3 rings (SSSR count). The van der Waals surface area contributed by atoms with Crippen LogP contribution in [0.1, 0.15) is 27.9 Å². The molecule has 3 aromatic rings. The highest BCUT2D eigenvalue weighted by molar-refractivity contribution is 6.31. The van der Waals surface area contributed by atoms with E-state index in [0.717, 1.165) is 22.4 Å². The molecule has 0 aliphatic heterocycles. The molecule has 0 spiro atoms. The summed E-state index contributed by atoms with van der Waals surface area (Å²) in [7, 11) is 0. The lowest BCUT2D eigenvalue weighted by Crippen LogP contribution is -2.02. The van der Waals surface area contributed by atoms with Gasteiger partial charge in [0.15, 0.2) is 0 Å². The molecule has 0 saturated heterocycles. The van der Waals surface area contributed by atoms with Gasteiger partial charge in [0, 0.05) is 16.7 Å². The highest BCUT2D eigenvalue weighted by Gasteiger charge is 2.12. The van der Waals surface area contributed by atoms with Crippen molar-refractivity contribution >= 4 is 35.2 Å². The third-order valence-electron chi connectivity index (χ3n) is 4.37. The maximum Gasteiger partial charge on any atom is 0.331 e. The van der Waals surface area contributed by atoms with Crippen LogP contribution in [0.15, 0.2) is 54.6 Å². The van der Waals surface area contributed by atoms with Gasteiger partial charge in [-0.1, -0.05) is 59.6 Å². The summed E-state index contributed by atoms with van der Waals surface area (Å²) in [4.78, 5) is 12.1. The van der Waals surface area contributed by atoms with Gasteiger partial charge in [-0.15, -0.1) is 0 Å². The molecular weight excluding hydrogens is 395 g/mol. The highest BCUT2D eigenvalue weighted by Crippen LogP contribution is 2.23. The number of carbonyl (C=O) groups is 1. The van der Waals surface area contributed by atoms with E-state index in [4.69, 9.17) is 27.9 Å². The second kappa shape index (κ2) is 9.09. The van der Waals surface area contributed by atoms with Gasteiger partial charge in [-0.25, -0.2) is 9.48 Å². The Morgan fingerprint density at radius 2 is 1.82 bits per heavy atom. The lowest BCUT2D eigenvalue weighted by molar-refractivity contribution is -0.138. The molecule has 28 heavy (non-hydrogen) atoms. The Morgan fingerprint density at radius 1 is 1.11 bits per heavy atom. The first-order valence-corrected chi connectivity index (χ1v) is 9.56. The molecular formula is C22H20Cl2N2O2. The summed E-state index contributed by atoms with van der Waals surface area (Å²) in [6.45, 7) is 4.58. The van der Waals surface area contributed by atoms with E-state index in [2.05, 4.69) is 5.10 Å². The number of ether oxygens (including phenoxy) is 1. The first kappa shape index (κ1) is 20.2. The van der Waals surface area contributed by atoms with Crippen LogP contribution in [0.25, 0.3) is 6.08 Å². The number of rotatable bonds is 6. The largest absolute Gasteiger partial charge is 0.458 e. The van der Waals surface area contributed by atoms with Crippen LogP contribution in [0.5, 0.6) is 0 Å². The number of halogens is 2. The van der Waals surface area contributed by atoms with Crippen molar-refractivity contribution in [1.82, 2.24) is 9.78 Å². The molecule has 144 valence electrons. The maximum absolute atomic E-state index is 12.1. The van der Waals surface area contributed by atoms with Gasteiger partial charge in [-0.2, -0.15) is 5.10 Å². The van der Waals surface area contributed by atoms with Crippen molar-refractivity contribution in [2.75, 3.05) is 0 Å². The van der Waals surface area contributed by atoms with Crippen LogP contribution in [0.2, 0.25) is 10.2 Å². The van der Waals surface area contributed by atoms with Crippen molar-refractivity contribution in [3.8, 4) is 0 Å². The van der Waals surface area contributed by atoms with Crippen molar-refractivity contribution in [2.24, 2.45) is 0 Å². The number of benzene rings is 2. The molecule has 1 aromatic heterocycles. The summed E-state index contributed by atoms with van der Waals surface area (Å²) in [5, 5.41) is 5.61. The van der Waals surface area contributed by atoms with Crippen molar-refractivity contribution in [1.29, 1.82) is 0 Å². The third-order valence-corrected chi connectivity index (χ3v) is 5.02. The van der Waals surface area contributed by atoms with Crippen LogP contribution >= 0.6 is 23.2 Å². The first-order valence-electron chi connectivity index (χ1n) is 8.80. The summed E-state index contributed by atoms with van der Waals surface area (Å²) < 4.78 is 7.01. The molecule has 0 atom stereocenters. The van der Waals surface area contributed by atoms with Crippen molar-refractivity contribution < 1.29 is 9.53 Å². The van der Waals surface area contributed by atoms with E-state index in [0.29, 0.717) is 22.3 Å². The fourth-order valence-electron chi connectivity index (χ4n) is 2.74. The summed E-state index contributed by atoms with van der Waals surface area (Å²) in [5.41, 5.74) is 4.53. The topological polar surface area (TPSA) is 44.1 Å². The Balaban J connectivity index is 1.66. The van der Waals surface area contributed by atoms with Crippen molar-refractivity contribution in [3.63, 3.8) is 0 Å². The molecule has 0 aliphatic rings. The zero-order valence-corrected chi connectivity index (χ0v) is 17.2. The monoisotopic (exact) mass is 414 g/mol. The van der Waals surface area contributed by atoms with E-state index < -0.39 is 5.97 Å². The van der Waals surface area contributed by atoms with Crippen molar-refractivity contribution in [3.05, 3.63) is 92.7 Å². The van der Waals surface area contributed by atoms with Gasteiger partial charge in [0.05, 0.1) is 12.2 Å². The van der Waals surface area contributed by atoms with E-state index in [1.807, 2.05) is 62.4 Å². The fourth-order valence-corrected chi connectivity index (χ4v) is 3.17. The van der Waals surface area contributed by atoms with Gasteiger partial charge >= 0.3 is 5.97 Å². The van der Waals surface area contributed by atoms with Crippen LogP contribution in [0, 0.1) is 13.8 Å². The highest BCUT2D eigenvalue weighted by atomic mass is 35.5. The Morgan fingerprint density at radius 3 is 2.54 bits per heavy atom. The number of hydrogen-bond donors (Lipinski definition) is 0. The van der Waals surface area contributed by atoms with E-state index in [1.165, 1.54) is 6.08 Å². The van der Waals surface area contributed by atoms with Crippen LogP contribution < -0.4 is 0 Å². The normalized spacial score (nSPS) is 11.1. The van der Waals surface area contributed by atoms with Crippen molar-refractivity contribution in [2.45, 2.75) is 27.0 Å². The Labute approximate surface area is 174 Å². The second-order valence-electron chi connectivity index (χ2n) is 6.44. The minimum absolute atomic E-state index is 0.235. The predicted octanol–water partition coefficient (Wildman–Crippen LogP) is 5.61. The number of aryl methyl sites for hydroxylation is 2. The molecule has 0 unspecified atom stereocenters. The quantitative estimate of drug-likeness (QED) is 0.388. The number of esters is 1. The number of nitrogens with zero attached hydrogens (tertiary/aromatic N) is 2. The molecule has 0 bridgehead atoms. The number of aromatic nitrogens is 2. The van der Waals surface area contributed by atoms with Gasteiger partial charge < -0.3 is 4.74 Å². The predicted molar refractivity (Wildman–Crippen MR) is 113 cm³/mol. The summed E-state index contributed by atoms with van der Waals surface area (Å²) >= 11 is 12.4. The van der Waals surface area contributed by atoms with Gasteiger partial charge in [-0.3, -0.25) is 0 Å². The van der Waals surface area contributed by atoms with E-state index in [1.54, 1.807) is 10.8 Å².